The molecule has 0 aliphatic heterocycles. The molecule has 1 heterocycles. The lowest BCUT2D eigenvalue weighted by atomic mass is 10.2. The Hall–Kier alpha value is -3.27. The molecular formula is C27H30N2O2. The van der Waals surface area contributed by atoms with Gasteiger partial charge in [-0.1, -0.05) is 50.2 Å². The first kappa shape index (κ1) is 21.0. The number of fused-ring (bicyclic) bond motifs is 1. The van der Waals surface area contributed by atoms with Gasteiger partial charge >= 0.3 is 0 Å². The van der Waals surface area contributed by atoms with Crippen molar-refractivity contribution in [1.29, 1.82) is 0 Å². The van der Waals surface area contributed by atoms with E-state index >= 15 is 0 Å². The van der Waals surface area contributed by atoms with Crippen LogP contribution in [0.3, 0.4) is 0 Å². The van der Waals surface area contributed by atoms with E-state index in [9.17, 15) is 0 Å². The second-order valence-corrected chi connectivity index (χ2v) is 7.65. The predicted octanol–water partition coefficient (Wildman–Crippen LogP) is 6.21. The fourth-order valence-electron chi connectivity index (χ4n) is 3.69. The van der Waals surface area contributed by atoms with Gasteiger partial charge in [0.25, 0.3) is 0 Å². The van der Waals surface area contributed by atoms with Crippen LogP contribution in [-0.2, 0) is 26.0 Å². The highest BCUT2D eigenvalue weighted by Gasteiger charge is 2.11. The lowest BCUT2D eigenvalue weighted by molar-refractivity contribution is 0.280. The Balaban J connectivity index is 1.40. The van der Waals surface area contributed by atoms with Gasteiger partial charge in [-0.05, 0) is 66.8 Å². The summed E-state index contributed by atoms with van der Waals surface area (Å²) < 4.78 is 14.2. The number of aromatic nitrogens is 2. The van der Waals surface area contributed by atoms with E-state index in [0.29, 0.717) is 13.2 Å². The molecule has 4 heteroatoms. The van der Waals surface area contributed by atoms with E-state index in [1.807, 2.05) is 18.2 Å². The van der Waals surface area contributed by atoms with Crippen LogP contribution >= 0.6 is 0 Å². The Bertz CT molecular complexity index is 1100. The van der Waals surface area contributed by atoms with Crippen molar-refractivity contribution >= 4 is 11.0 Å². The molecule has 4 aromatic rings. The monoisotopic (exact) mass is 414 g/mol. The summed E-state index contributed by atoms with van der Waals surface area (Å²) in [7, 11) is 0. The fraction of sp³-hybridized carbons (Fsp3) is 0.296. The minimum absolute atomic E-state index is 0.444. The molecule has 0 atom stereocenters. The Labute approximate surface area is 184 Å². The molecule has 0 saturated carbocycles. The van der Waals surface area contributed by atoms with Crippen LogP contribution in [0.2, 0.25) is 0 Å². The summed E-state index contributed by atoms with van der Waals surface area (Å²) >= 11 is 0. The van der Waals surface area contributed by atoms with E-state index in [4.69, 9.17) is 14.5 Å². The van der Waals surface area contributed by atoms with Gasteiger partial charge in [0.15, 0.2) is 0 Å². The van der Waals surface area contributed by atoms with Gasteiger partial charge < -0.3 is 14.0 Å². The van der Waals surface area contributed by atoms with Gasteiger partial charge in [-0.2, -0.15) is 0 Å². The lowest BCUT2D eigenvalue weighted by Gasteiger charge is -2.12. The molecule has 0 spiro atoms. The molecule has 0 aliphatic rings. The highest BCUT2D eigenvalue weighted by atomic mass is 16.5. The van der Waals surface area contributed by atoms with Gasteiger partial charge in [0.05, 0.1) is 17.6 Å². The molecule has 0 saturated heterocycles. The topological polar surface area (TPSA) is 36.3 Å². The second kappa shape index (κ2) is 10.2. The van der Waals surface area contributed by atoms with Gasteiger partial charge in [-0.25, -0.2) is 4.98 Å². The SMILES string of the molecule is CCc1ccc(OCCCn2c(COc3ccc(CC)cc3)nc3ccccc32)cc1. The zero-order chi connectivity index (χ0) is 21.5. The molecule has 0 aliphatic carbocycles. The minimum atomic E-state index is 0.444. The fourth-order valence-corrected chi connectivity index (χ4v) is 3.69. The van der Waals surface area contributed by atoms with Crippen molar-refractivity contribution in [2.75, 3.05) is 6.61 Å². The maximum atomic E-state index is 6.04. The largest absolute Gasteiger partial charge is 0.494 e. The van der Waals surface area contributed by atoms with Gasteiger partial charge in [0.2, 0.25) is 0 Å². The summed E-state index contributed by atoms with van der Waals surface area (Å²) in [5.41, 5.74) is 4.77. The molecule has 4 nitrogen and oxygen atoms in total. The molecule has 0 bridgehead atoms. The number of para-hydroxylation sites is 2. The summed E-state index contributed by atoms with van der Waals surface area (Å²) in [6.45, 7) is 6.26. The van der Waals surface area contributed by atoms with Crippen LogP contribution in [0.1, 0.15) is 37.2 Å². The van der Waals surface area contributed by atoms with E-state index in [1.165, 1.54) is 11.1 Å². The molecular weight excluding hydrogens is 384 g/mol. The Morgan fingerprint density at radius 3 is 2.00 bits per heavy atom. The summed E-state index contributed by atoms with van der Waals surface area (Å²) in [4.78, 5) is 4.81. The van der Waals surface area contributed by atoms with Crippen molar-refractivity contribution in [1.82, 2.24) is 9.55 Å². The van der Waals surface area contributed by atoms with Gasteiger partial charge in [0, 0.05) is 6.54 Å². The van der Waals surface area contributed by atoms with Crippen LogP contribution in [0.4, 0.5) is 0 Å². The van der Waals surface area contributed by atoms with Crippen LogP contribution in [0.5, 0.6) is 11.5 Å². The molecule has 3 aromatic carbocycles. The van der Waals surface area contributed by atoms with Crippen LogP contribution in [-0.4, -0.2) is 16.2 Å². The molecule has 31 heavy (non-hydrogen) atoms. The first-order valence-corrected chi connectivity index (χ1v) is 11.1. The van der Waals surface area contributed by atoms with Crippen LogP contribution in [0.15, 0.2) is 72.8 Å². The van der Waals surface area contributed by atoms with Crippen LogP contribution < -0.4 is 9.47 Å². The number of benzene rings is 3. The lowest BCUT2D eigenvalue weighted by Crippen LogP contribution is -2.10. The first-order chi connectivity index (χ1) is 15.3. The third-order valence-corrected chi connectivity index (χ3v) is 5.56. The molecule has 0 N–H and O–H groups in total. The Kier molecular flexibility index (Phi) is 6.88. The zero-order valence-corrected chi connectivity index (χ0v) is 18.4. The summed E-state index contributed by atoms with van der Waals surface area (Å²) in [5, 5.41) is 0. The number of ether oxygens (including phenoxy) is 2. The average Bonchev–Trinajstić information content (AvgIpc) is 3.18. The van der Waals surface area contributed by atoms with Crippen molar-refractivity contribution in [3.8, 4) is 11.5 Å². The van der Waals surface area contributed by atoms with Crippen molar-refractivity contribution in [3.05, 3.63) is 89.7 Å². The number of rotatable bonds is 10. The van der Waals surface area contributed by atoms with Crippen molar-refractivity contribution in [2.45, 2.75) is 46.3 Å². The minimum Gasteiger partial charge on any atom is -0.494 e. The molecule has 1 aromatic heterocycles. The number of hydrogen-bond acceptors (Lipinski definition) is 3. The van der Waals surface area contributed by atoms with E-state index in [-0.39, 0.29) is 0 Å². The normalized spacial score (nSPS) is 11.0. The van der Waals surface area contributed by atoms with Crippen LogP contribution in [0.25, 0.3) is 11.0 Å². The summed E-state index contributed by atoms with van der Waals surface area (Å²) in [5.74, 6) is 2.73. The maximum absolute atomic E-state index is 6.04. The third-order valence-electron chi connectivity index (χ3n) is 5.56. The van der Waals surface area contributed by atoms with Crippen molar-refractivity contribution in [3.63, 3.8) is 0 Å². The average molecular weight is 415 g/mol. The number of nitrogens with zero attached hydrogens (tertiary/aromatic N) is 2. The molecule has 0 amide bonds. The molecule has 0 unspecified atom stereocenters. The van der Waals surface area contributed by atoms with Crippen LogP contribution in [0, 0.1) is 0 Å². The highest BCUT2D eigenvalue weighted by molar-refractivity contribution is 5.75. The van der Waals surface area contributed by atoms with Gasteiger partial charge in [-0.3, -0.25) is 0 Å². The second-order valence-electron chi connectivity index (χ2n) is 7.65. The van der Waals surface area contributed by atoms with Crippen molar-refractivity contribution < 1.29 is 9.47 Å². The van der Waals surface area contributed by atoms with E-state index in [2.05, 4.69) is 73.0 Å². The number of aryl methyl sites for hydroxylation is 3. The number of imidazole rings is 1. The van der Waals surface area contributed by atoms with Gasteiger partial charge in [0.1, 0.15) is 23.9 Å². The summed E-state index contributed by atoms with van der Waals surface area (Å²) in [6.07, 6.45) is 2.97. The molecule has 4 rings (SSSR count). The zero-order valence-electron chi connectivity index (χ0n) is 18.4. The third kappa shape index (κ3) is 5.26. The van der Waals surface area contributed by atoms with E-state index in [0.717, 1.165) is 54.2 Å². The highest BCUT2D eigenvalue weighted by Crippen LogP contribution is 2.20. The smallest absolute Gasteiger partial charge is 0.147 e. The van der Waals surface area contributed by atoms with Crippen molar-refractivity contribution in [2.24, 2.45) is 0 Å². The number of hydrogen-bond donors (Lipinski definition) is 0. The first-order valence-electron chi connectivity index (χ1n) is 11.1. The maximum Gasteiger partial charge on any atom is 0.147 e. The Morgan fingerprint density at radius 1 is 0.742 bits per heavy atom. The Morgan fingerprint density at radius 2 is 1.35 bits per heavy atom. The molecule has 0 radical (unpaired) electrons. The van der Waals surface area contributed by atoms with Gasteiger partial charge in [-0.15, -0.1) is 0 Å². The summed E-state index contributed by atoms with van der Waals surface area (Å²) in [6, 6.07) is 24.9. The molecule has 0 fully saturated rings. The standard InChI is InChI=1S/C27H30N2O2/c1-3-21-10-14-23(15-11-21)30-19-7-18-29-26-9-6-5-8-25(26)28-27(29)20-31-24-16-12-22(4-2)13-17-24/h5-6,8-17H,3-4,7,18-20H2,1-2H3. The predicted molar refractivity (Wildman–Crippen MR) is 126 cm³/mol. The van der Waals surface area contributed by atoms with E-state index in [1.54, 1.807) is 0 Å². The van der Waals surface area contributed by atoms with E-state index < -0.39 is 0 Å². The quantitative estimate of drug-likeness (QED) is 0.290. The molecule has 160 valence electrons.